The number of benzene rings is 4. The highest BCUT2D eigenvalue weighted by Crippen LogP contribution is 2.31. The van der Waals surface area contributed by atoms with Crippen LogP contribution in [0.2, 0.25) is 0 Å². The van der Waals surface area contributed by atoms with E-state index in [0.29, 0.717) is 29.0 Å². The molecule has 0 aliphatic heterocycles. The molecule has 0 saturated heterocycles. The summed E-state index contributed by atoms with van der Waals surface area (Å²) < 4.78 is 3.56. The fourth-order valence-electron chi connectivity index (χ4n) is 5.34. The molecular formula is C32H27N5O3. The molecule has 40 heavy (non-hydrogen) atoms. The Bertz CT molecular complexity index is 1900. The second-order valence-electron chi connectivity index (χ2n) is 9.89. The maximum atomic E-state index is 11.8. The lowest BCUT2D eigenvalue weighted by Crippen LogP contribution is -2.05. The van der Waals surface area contributed by atoms with Crippen LogP contribution >= 0.6 is 0 Å². The van der Waals surface area contributed by atoms with Gasteiger partial charge in [-0.3, -0.25) is 0 Å². The summed E-state index contributed by atoms with van der Waals surface area (Å²) >= 11 is 0. The van der Waals surface area contributed by atoms with Gasteiger partial charge in [0, 0.05) is 18.5 Å². The lowest BCUT2D eigenvalue weighted by molar-refractivity contribution is 0.0697. The minimum Gasteiger partial charge on any atom is -0.478 e. The predicted molar refractivity (Wildman–Crippen MR) is 156 cm³/mol. The Labute approximate surface area is 230 Å². The number of hydrogen-bond acceptors (Lipinski definition) is 5. The number of carboxylic acids is 1. The first-order chi connectivity index (χ1) is 19.5. The monoisotopic (exact) mass is 529 g/mol. The summed E-state index contributed by atoms with van der Waals surface area (Å²) in [6.45, 7) is 4.75. The van der Waals surface area contributed by atoms with E-state index < -0.39 is 5.97 Å². The summed E-state index contributed by atoms with van der Waals surface area (Å²) in [6.07, 6.45) is 1.77. The Morgan fingerprint density at radius 3 is 2.40 bits per heavy atom. The van der Waals surface area contributed by atoms with Gasteiger partial charge in [0.05, 0.1) is 32.9 Å². The van der Waals surface area contributed by atoms with Crippen LogP contribution in [0.3, 0.4) is 0 Å². The van der Waals surface area contributed by atoms with Crippen molar-refractivity contribution in [3.63, 3.8) is 0 Å². The summed E-state index contributed by atoms with van der Waals surface area (Å²) in [6, 6.07) is 26.5. The van der Waals surface area contributed by atoms with Gasteiger partial charge in [-0.2, -0.15) is 4.68 Å². The number of hydrogen-bond donors (Lipinski definition) is 1. The van der Waals surface area contributed by atoms with E-state index in [1.807, 2.05) is 79.7 Å². The van der Waals surface area contributed by atoms with Crippen LogP contribution < -0.4 is 0 Å². The molecule has 6 rings (SSSR count). The second-order valence-corrected chi connectivity index (χ2v) is 9.89. The van der Waals surface area contributed by atoms with Gasteiger partial charge in [-0.15, -0.1) is 4.91 Å². The fourth-order valence-corrected chi connectivity index (χ4v) is 5.34. The van der Waals surface area contributed by atoms with E-state index in [1.54, 1.807) is 12.1 Å². The first-order valence-corrected chi connectivity index (χ1v) is 13.2. The van der Waals surface area contributed by atoms with Crippen molar-refractivity contribution < 1.29 is 9.90 Å². The Morgan fingerprint density at radius 1 is 0.900 bits per heavy atom. The minimum atomic E-state index is -0.946. The number of imidazole rings is 2. The molecule has 2 aromatic heterocycles. The van der Waals surface area contributed by atoms with Crippen molar-refractivity contribution in [1.82, 2.24) is 19.2 Å². The minimum absolute atomic E-state index is 0.278. The topological polar surface area (TPSA) is 102 Å². The molecule has 0 radical (unpaired) electrons. The highest BCUT2D eigenvalue weighted by atomic mass is 16.4. The molecule has 2 heterocycles. The highest BCUT2D eigenvalue weighted by Gasteiger charge is 2.19. The summed E-state index contributed by atoms with van der Waals surface area (Å²) in [7, 11) is 0. The fraction of sp³-hybridized carbons (Fsp3) is 0.156. The van der Waals surface area contributed by atoms with Crippen molar-refractivity contribution in [3.05, 3.63) is 112 Å². The Morgan fingerprint density at radius 2 is 1.65 bits per heavy atom. The third-order valence-corrected chi connectivity index (χ3v) is 7.24. The predicted octanol–water partition coefficient (Wildman–Crippen LogP) is 7.26. The van der Waals surface area contributed by atoms with Crippen molar-refractivity contribution in [2.45, 2.75) is 33.2 Å². The van der Waals surface area contributed by atoms with Gasteiger partial charge in [-0.05, 0) is 65.9 Å². The zero-order chi connectivity index (χ0) is 27.8. The first-order valence-electron chi connectivity index (χ1n) is 13.2. The molecule has 0 atom stereocenters. The normalized spacial score (nSPS) is 11.3. The number of carboxylic acid groups (broad SMARTS) is 1. The van der Waals surface area contributed by atoms with Crippen molar-refractivity contribution in [2.24, 2.45) is 5.29 Å². The summed E-state index contributed by atoms with van der Waals surface area (Å²) in [4.78, 5) is 33.3. The van der Waals surface area contributed by atoms with Crippen molar-refractivity contribution in [3.8, 4) is 22.5 Å². The van der Waals surface area contributed by atoms with Crippen LogP contribution in [0.5, 0.6) is 0 Å². The van der Waals surface area contributed by atoms with Gasteiger partial charge >= 0.3 is 5.97 Å². The first kappa shape index (κ1) is 25.2. The molecule has 8 nitrogen and oxygen atoms in total. The van der Waals surface area contributed by atoms with Gasteiger partial charge in [0.2, 0.25) is 0 Å². The zero-order valence-corrected chi connectivity index (χ0v) is 22.2. The molecule has 0 fully saturated rings. The van der Waals surface area contributed by atoms with Gasteiger partial charge in [0.1, 0.15) is 5.82 Å². The molecule has 0 unspecified atom stereocenters. The van der Waals surface area contributed by atoms with Gasteiger partial charge < -0.3 is 9.67 Å². The maximum Gasteiger partial charge on any atom is 0.336 e. The molecule has 8 heteroatoms. The van der Waals surface area contributed by atoms with Gasteiger partial charge in [-0.1, -0.05) is 61.5 Å². The number of rotatable bonds is 8. The van der Waals surface area contributed by atoms with E-state index in [2.05, 4.69) is 16.8 Å². The van der Waals surface area contributed by atoms with Crippen LogP contribution in [0.4, 0.5) is 0 Å². The highest BCUT2D eigenvalue weighted by molar-refractivity contribution is 5.96. The molecule has 0 bridgehead atoms. The lowest BCUT2D eigenvalue weighted by Gasteiger charge is -2.12. The van der Waals surface area contributed by atoms with Crippen molar-refractivity contribution in [2.75, 3.05) is 0 Å². The molecule has 0 amide bonds. The standard InChI is InChI=1S/C32H27N5O3/c1-3-8-29-34-30-20(2)17-23(31-33-26-11-6-7-12-27(26)37(31)35-40)18-28(30)36(29)19-21-13-15-22(16-14-21)24-9-4-5-10-25(24)32(38)39/h4-7,9-18H,3,8,19H2,1-2H3,(H,38,39). The quantitative estimate of drug-likeness (QED) is 0.209. The number of aryl methyl sites for hydroxylation is 2. The molecule has 4 aromatic carbocycles. The lowest BCUT2D eigenvalue weighted by atomic mass is 9.98. The average molecular weight is 530 g/mol. The number of aromatic nitrogens is 4. The van der Waals surface area contributed by atoms with Gasteiger partial charge in [0.15, 0.2) is 5.82 Å². The van der Waals surface area contributed by atoms with Crippen molar-refractivity contribution in [1.29, 1.82) is 0 Å². The number of nitroso groups, excluding NO2 is 1. The van der Waals surface area contributed by atoms with Crippen LogP contribution in [-0.2, 0) is 13.0 Å². The Kier molecular flexibility index (Phi) is 6.43. The van der Waals surface area contributed by atoms with E-state index in [-0.39, 0.29) is 5.56 Å². The Balaban J connectivity index is 1.44. The number of fused-ring (bicyclic) bond motifs is 2. The van der Waals surface area contributed by atoms with Crippen molar-refractivity contribution >= 4 is 28.0 Å². The van der Waals surface area contributed by atoms with E-state index in [4.69, 9.17) is 9.97 Å². The van der Waals surface area contributed by atoms with Crippen LogP contribution in [-0.4, -0.2) is 30.3 Å². The molecule has 0 aliphatic carbocycles. The second kappa shape index (κ2) is 10.2. The maximum absolute atomic E-state index is 11.8. The molecule has 198 valence electrons. The number of para-hydroxylation sites is 2. The average Bonchev–Trinajstić information content (AvgIpc) is 3.52. The molecule has 0 aliphatic rings. The van der Waals surface area contributed by atoms with Crippen LogP contribution in [0, 0.1) is 11.8 Å². The smallest absolute Gasteiger partial charge is 0.336 e. The van der Waals surface area contributed by atoms with Crippen LogP contribution in [0.15, 0.2) is 90.2 Å². The number of carbonyl (C=O) groups is 1. The molecule has 0 saturated carbocycles. The zero-order valence-electron chi connectivity index (χ0n) is 22.2. The van der Waals surface area contributed by atoms with Crippen LogP contribution in [0.25, 0.3) is 44.6 Å². The van der Waals surface area contributed by atoms with Gasteiger partial charge in [0.25, 0.3) is 0 Å². The molecule has 6 aromatic rings. The van der Waals surface area contributed by atoms with E-state index in [1.165, 1.54) is 4.68 Å². The largest absolute Gasteiger partial charge is 0.478 e. The van der Waals surface area contributed by atoms with E-state index in [9.17, 15) is 14.8 Å². The number of aromatic carboxylic acids is 1. The van der Waals surface area contributed by atoms with E-state index >= 15 is 0 Å². The third-order valence-electron chi connectivity index (χ3n) is 7.24. The summed E-state index contributed by atoms with van der Waals surface area (Å²) in [5.74, 6) is 0.533. The Hall–Kier alpha value is -5.11. The molecule has 1 N–H and O–H groups in total. The van der Waals surface area contributed by atoms with Gasteiger partial charge in [-0.25, -0.2) is 14.8 Å². The summed E-state index contributed by atoms with van der Waals surface area (Å²) in [5.41, 5.74) is 7.92. The number of nitrogens with zero attached hydrogens (tertiary/aromatic N) is 5. The molecule has 0 spiro atoms. The van der Waals surface area contributed by atoms with E-state index in [0.717, 1.165) is 52.0 Å². The van der Waals surface area contributed by atoms with Crippen LogP contribution in [0.1, 0.15) is 40.7 Å². The SMILES string of the molecule is CCCc1nc2c(C)cc(-c3nc4ccccc4n3N=O)cc2n1Cc1ccc(-c2ccccc2C(=O)O)cc1. The molecular weight excluding hydrogens is 502 g/mol. The summed E-state index contributed by atoms with van der Waals surface area (Å²) in [5, 5.41) is 12.9. The third kappa shape index (κ3) is 4.33.